The zero-order valence-corrected chi connectivity index (χ0v) is 14.5. The molecule has 2 aromatic rings. The molecular weight excluding hydrogens is 324 g/mol. The van der Waals surface area contributed by atoms with Gasteiger partial charge in [0.25, 0.3) is 0 Å². The number of nitrogens with zero attached hydrogens (tertiary/aromatic N) is 4. The highest BCUT2D eigenvalue weighted by Gasteiger charge is 2.34. The molecule has 6 nitrogen and oxygen atoms in total. The van der Waals surface area contributed by atoms with Gasteiger partial charge in [-0.15, -0.1) is 11.3 Å². The maximum absolute atomic E-state index is 12.0. The summed E-state index contributed by atoms with van der Waals surface area (Å²) in [6, 6.07) is 3.99. The summed E-state index contributed by atoms with van der Waals surface area (Å²) < 4.78 is 5.33. The van der Waals surface area contributed by atoms with Crippen molar-refractivity contribution in [2.24, 2.45) is 5.92 Å². The van der Waals surface area contributed by atoms with Gasteiger partial charge in [0, 0.05) is 38.5 Å². The monoisotopic (exact) mass is 346 g/mol. The Kier molecular flexibility index (Phi) is 4.62. The number of hydrogen-bond donors (Lipinski definition) is 0. The number of aromatic nitrogens is 2. The molecule has 2 aliphatic rings. The summed E-state index contributed by atoms with van der Waals surface area (Å²) >= 11 is 1.62. The van der Waals surface area contributed by atoms with Crippen molar-refractivity contribution >= 4 is 17.2 Å². The first-order chi connectivity index (χ1) is 11.8. The number of rotatable bonds is 6. The first-order valence-corrected chi connectivity index (χ1v) is 9.55. The van der Waals surface area contributed by atoms with Gasteiger partial charge in [0.15, 0.2) is 0 Å². The number of piperazine rings is 1. The van der Waals surface area contributed by atoms with E-state index in [4.69, 9.17) is 4.52 Å². The lowest BCUT2D eigenvalue weighted by Gasteiger charge is -2.34. The Morgan fingerprint density at radius 2 is 2.12 bits per heavy atom. The molecule has 1 saturated carbocycles. The summed E-state index contributed by atoms with van der Waals surface area (Å²) in [7, 11) is 0. The third-order valence-corrected chi connectivity index (χ3v) is 5.55. The van der Waals surface area contributed by atoms with Crippen LogP contribution in [0.3, 0.4) is 0 Å². The molecule has 1 aliphatic carbocycles. The second-order valence-electron chi connectivity index (χ2n) is 6.53. The van der Waals surface area contributed by atoms with Gasteiger partial charge >= 0.3 is 0 Å². The second-order valence-corrected chi connectivity index (χ2v) is 7.48. The van der Waals surface area contributed by atoms with Crippen LogP contribution < -0.4 is 0 Å². The van der Waals surface area contributed by atoms with E-state index in [1.165, 1.54) is 0 Å². The lowest BCUT2D eigenvalue weighted by atomic mass is 10.2. The van der Waals surface area contributed by atoms with Crippen molar-refractivity contribution in [2.75, 3.05) is 32.7 Å². The van der Waals surface area contributed by atoms with Crippen molar-refractivity contribution in [1.82, 2.24) is 19.9 Å². The van der Waals surface area contributed by atoms with Crippen LogP contribution in [0.4, 0.5) is 0 Å². The Labute approximate surface area is 145 Å². The van der Waals surface area contributed by atoms with E-state index in [-0.39, 0.29) is 0 Å². The molecule has 0 radical (unpaired) electrons. The third-order valence-electron chi connectivity index (χ3n) is 4.69. The molecule has 7 heteroatoms. The minimum Gasteiger partial charge on any atom is -0.340 e. The quantitative estimate of drug-likeness (QED) is 0.803. The van der Waals surface area contributed by atoms with Crippen LogP contribution in [0, 0.1) is 5.92 Å². The number of carbonyl (C=O) groups is 1. The highest BCUT2D eigenvalue weighted by Crippen LogP contribution is 2.31. The molecule has 0 bridgehead atoms. The Morgan fingerprint density at radius 1 is 1.29 bits per heavy atom. The average molecular weight is 346 g/mol. The maximum Gasteiger partial charge on any atom is 0.227 e. The van der Waals surface area contributed by atoms with Crippen molar-refractivity contribution in [3.63, 3.8) is 0 Å². The van der Waals surface area contributed by atoms with Crippen molar-refractivity contribution in [3.8, 4) is 10.7 Å². The van der Waals surface area contributed by atoms with Gasteiger partial charge in [-0.25, -0.2) is 0 Å². The molecule has 3 heterocycles. The fraction of sp³-hybridized carbons (Fsp3) is 0.588. The molecule has 0 N–H and O–H groups in total. The number of amides is 1. The lowest BCUT2D eigenvalue weighted by Crippen LogP contribution is -2.49. The predicted molar refractivity (Wildman–Crippen MR) is 91.7 cm³/mol. The van der Waals surface area contributed by atoms with E-state index in [0.717, 1.165) is 63.3 Å². The fourth-order valence-corrected chi connectivity index (χ4v) is 3.75. The van der Waals surface area contributed by atoms with Crippen LogP contribution in [0.1, 0.15) is 25.2 Å². The molecule has 24 heavy (non-hydrogen) atoms. The Balaban J connectivity index is 1.19. The van der Waals surface area contributed by atoms with Crippen LogP contribution in [-0.4, -0.2) is 58.6 Å². The molecular formula is C17H22N4O2S. The zero-order chi connectivity index (χ0) is 16.4. The van der Waals surface area contributed by atoms with E-state index in [1.54, 1.807) is 11.3 Å². The molecule has 0 spiro atoms. The van der Waals surface area contributed by atoms with Crippen molar-refractivity contribution in [2.45, 2.75) is 25.7 Å². The van der Waals surface area contributed by atoms with Crippen LogP contribution in [0.2, 0.25) is 0 Å². The molecule has 0 atom stereocenters. The van der Waals surface area contributed by atoms with Gasteiger partial charge in [-0.1, -0.05) is 11.2 Å². The first kappa shape index (κ1) is 15.8. The van der Waals surface area contributed by atoms with Gasteiger partial charge < -0.3 is 9.42 Å². The molecule has 2 fully saturated rings. The minimum atomic E-state index is 0.339. The predicted octanol–water partition coefficient (Wildman–Crippen LogP) is 2.28. The summed E-state index contributed by atoms with van der Waals surface area (Å²) in [5, 5.41) is 6.06. The summed E-state index contributed by atoms with van der Waals surface area (Å²) in [6.07, 6.45) is 4.00. The normalized spacial score (nSPS) is 18.9. The molecule has 128 valence electrons. The zero-order valence-electron chi connectivity index (χ0n) is 13.7. The van der Waals surface area contributed by atoms with E-state index in [0.29, 0.717) is 23.5 Å². The smallest absolute Gasteiger partial charge is 0.227 e. The van der Waals surface area contributed by atoms with Crippen molar-refractivity contribution in [3.05, 3.63) is 23.4 Å². The van der Waals surface area contributed by atoms with Crippen LogP contribution >= 0.6 is 11.3 Å². The summed E-state index contributed by atoms with van der Waals surface area (Å²) in [5.74, 6) is 2.11. The first-order valence-electron chi connectivity index (χ1n) is 8.67. The van der Waals surface area contributed by atoms with Gasteiger partial charge in [-0.05, 0) is 37.3 Å². The Hall–Kier alpha value is -1.73. The van der Waals surface area contributed by atoms with E-state index in [1.807, 2.05) is 22.4 Å². The average Bonchev–Trinajstić information content (AvgIpc) is 3.10. The van der Waals surface area contributed by atoms with E-state index < -0.39 is 0 Å². The third kappa shape index (κ3) is 3.67. The second kappa shape index (κ2) is 7.03. The molecule has 2 aromatic heterocycles. The maximum atomic E-state index is 12.0. The van der Waals surface area contributed by atoms with Crippen LogP contribution in [0.25, 0.3) is 10.7 Å². The topological polar surface area (TPSA) is 62.5 Å². The fourth-order valence-electron chi connectivity index (χ4n) is 3.10. The van der Waals surface area contributed by atoms with Crippen molar-refractivity contribution < 1.29 is 9.32 Å². The Bertz CT molecular complexity index is 673. The van der Waals surface area contributed by atoms with Crippen LogP contribution in [-0.2, 0) is 11.2 Å². The van der Waals surface area contributed by atoms with Gasteiger partial charge in [-0.2, -0.15) is 4.98 Å². The minimum absolute atomic E-state index is 0.339. The number of thiophene rings is 1. The SMILES string of the molecule is O=C(C1CC1)N1CCN(CCCc2nc(-c3cccs3)no2)CC1. The summed E-state index contributed by atoms with van der Waals surface area (Å²) in [6.45, 7) is 4.71. The van der Waals surface area contributed by atoms with Gasteiger partial charge in [0.2, 0.25) is 17.6 Å². The number of hydrogen-bond acceptors (Lipinski definition) is 6. The molecule has 1 saturated heterocycles. The largest absolute Gasteiger partial charge is 0.340 e. The van der Waals surface area contributed by atoms with Crippen molar-refractivity contribution in [1.29, 1.82) is 0 Å². The van der Waals surface area contributed by atoms with E-state index >= 15 is 0 Å². The molecule has 1 aliphatic heterocycles. The highest BCUT2D eigenvalue weighted by molar-refractivity contribution is 7.13. The standard InChI is InChI=1S/C17H22N4O2S/c22-17(13-5-6-13)21-10-8-20(9-11-21)7-1-4-15-18-16(19-23-15)14-3-2-12-24-14/h2-3,12-13H,1,4-11H2. The van der Waals surface area contributed by atoms with E-state index in [2.05, 4.69) is 15.0 Å². The Morgan fingerprint density at radius 3 is 2.83 bits per heavy atom. The number of aryl methyl sites for hydroxylation is 1. The molecule has 0 unspecified atom stereocenters. The molecule has 4 rings (SSSR count). The van der Waals surface area contributed by atoms with Crippen LogP contribution in [0.15, 0.2) is 22.0 Å². The lowest BCUT2D eigenvalue weighted by molar-refractivity contribution is -0.134. The highest BCUT2D eigenvalue weighted by atomic mass is 32.1. The molecule has 0 aromatic carbocycles. The number of carbonyl (C=O) groups excluding carboxylic acids is 1. The van der Waals surface area contributed by atoms with Gasteiger partial charge in [-0.3, -0.25) is 9.69 Å². The summed E-state index contributed by atoms with van der Waals surface area (Å²) in [4.78, 5) is 22.0. The summed E-state index contributed by atoms with van der Waals surface area (Å²) in [5.41, 5.74) is 0. The van der Waals surface area contributed by atoms with Gasteiger partial charge in [0.1, 0.15) is 0 Å². The van der Waals surface area contributed by atoms with Crippen LogP contribution in [0.5, 0.6) is 0 Å². The molecule has 1 amide bonds. The van der Waals surface area contributed by atoms with Gasteiger partial charge in [0.05, 0.1) is 4.88 Å². The van der Waals surface area contributed by atoms with E-state index in [9.17, 15) is 4.79 Å².